The van der Waals surface area contributed by atoms with Crippen molar-refractivity contribution in [3.63, 3.8) is 0 Å². The Morgan fingerprint density at radius 2 is 1.59 bits per heavy atom. The summed E-state index contributed by atoms with van der Waals surface area (Å²) < 4.78 is 2.31. The Labute approximate surface area is 164 Å². The minimum Gasteiger partial charge on any atom is -0.392 e. The molecule has 1 aliphatic rings. The van der Waals surface area contributed by atoms with Gasteiger partial charge in [-0.25, -0.2) is 4.90 Å². The summed E-state index contributed by atoms with van der Waals surface area (Å²) in [6.07, 6.45) is 3.23. The van der Waals surface area contributed by atoms with Crippen LogP contribution in [0.3, 0.4) is 0 Å². The molecule has 0 aromatic heterocycles. The molecule has 0 spiro atoms. The Kier molecular flexibility index (Phi) is 6.33. The van der Waals surface area contributed by atoms with E-state index in [0.717, 1.165) is 13.0 Å². The van der Waals surface area contributed by atoms with Gasteiger partial charge in [0, 0.05) is 17.5 Å². The smallest absolute Gasteiger partial charge is 0.239 e. The van der Waals surface area contributed by atoms with Crippen molar-refractivity contribution >= 4 is 12.0 Å². The van der Waals surface area contributed by atoms with Crippen molar-refractivity contribution < 1.29 is 9.68 Å². The fourth-order valence-electron chi connectivity index (χ4n) is 4.07. The van der Waals surface area contributed by atoms with Crippen molar-refractivity contribution in [3.8, 4) is 0 Å². The van der Waals surface area contributed by atoms with Crippen molar-refractivity contribution in [3.05, 3.63) is 65.2 Å². The molecule has 1 N–H and O–H groups in total. The number of anilines is 1. The van der Waals surface area contributed by atoms with Crippen molar-refractivity contribution in [2.24, 2.45) is 0 Å². The van der Waals surface area contributed by atoms with Crippen LogP contribution in [0, 0.1) is 0 Å². The molecule has 27 heavy (non-hydrogen) atoms. The first-order chi connectivity index (χ1) is 13.0. The van der Waals surface area contributed by atoms with Gasteiger partial charge in [0.25, 0.3) is 0 Å². The average molecular weight is 366 g/mol. The molecule has 2 aromatic rings. The Balaban J connectivity index is 1.96. The Morgan fingerprint density at radius 3 is 2.15 bits per heavy atom. The summed E-state index contributed by atoms with van der Waals surface area (Å²) in [5.74, 6) is 0.957. The molecule has 0 radical (unpaired) electrons. The van der Waals surface area contributed by atoms with Gasteiger partial charge in [-0.1, -0.05) is 76.2 Å². The fraction of sp³-hybridized carbons (Fsp3) is 0.458. The SMILES string of the molecule is CC(C)c1cccc(C(C)C)c1N1C=[N+](CCO)[C@@H](Cc2ccccc2)C1. The molecule has 2 aromatic carbocycles. The van der Waals surface area contributed by atoms with Gasteiger partial charge in [-0.3, -0.25) is 4.58 Å². The van der Waals surface area contributed by atoms with E-state index in [1.807, 2.05) is 0 Å². The highest BCUT2D eigenvalue weighted by atomic mass is 16.3. The first-order valence-corrected chi connectivity index (χ1v) is 10.2. The highest BCUT2D eigenvalue weighted by molar-refractivity contribution is 5.82. The van der Waals surface area contributed by atoms with Crippen LogP contribution in [0.2, 0.25) is 0 Å². The zero-order chi connectivity index (χ0) is 19.4. The lowest BCUT2D eigenvalue weighted by Crippen LogP contribution is -2.31. The van der Waals surface area contributed by atoms with Crippen molar-refractivity contribution in [2.75, 3.05) is 24.6 Å². The number of hydrogen-bond acceptors (Lipinski definition) is 2. The van der Waals surface area contributed by atoms with Crippen molar-refractivity contribution in [1.29, 1.82) is 0 Å². The second kappa shape index (κ2) is 8.71. The minimum atomic E-state index is 0.179. The zero-order valence-corrected chi connectivity index (χ0v) is 17.1. The molecule has 3 rings (SSSR count). The molecule has 1 heterocycles. The van der Waals surface area contributed by atoms with E-state index in [4.69, 9.17) is 0 Å². The lowest BCUT2D eigenvalue weighted by molar-refractivity contribution is -0.553. The maximum Gasteiger partial charge on any atom is 0.239 e. The van der Waals surface area contributed by atoms with Crippen LogP contribution in [-0.4, -0.2) is 41.8 Å². The summed E-state index contributed by atoms with van der Waals surface area (Å²) in [6.45, 7) is 10.9. The maximum atomic E-state index is 9.57. The van der Waals surface area contributed by atoms with E-state index in [1.165, 1.54) is 22.4 Å². The molecule has 0 saturated carbocycles. The molecule has 1 atom stereocenters. The van der Waals surface area contributed by atoms with Crippen LogP contribution in [0.15, 0.2) is 48.5 Å². The van der Waals surface area contributed by atoms with E-state index in [1.54, 1.807) is 0 Å². The second-order valence-corrected chi connectivity index (χ2v) is 8.17. The Hall–Kier alpha value is -2.13. The molecular weight excluding hydrogens is 332 g/mol. The van der Waals surface area contributed by atoms with Gasteiger partial charge in [0.1, 0.15) is 24.8 Å². The van der Waals surface area contributed by atoms with Gasteiger partial charge < -0.3 is 5.11 Å². The third-order valence-electron chi connectivity index (χ3n) is 5.47. The van der Waals surface area contributed by atoms with Crippen LogP contribution < -0.4 is 4.90 Å². The third kappa shape index (κ3) is 4.41. The summed E-state index contributed by atoms with van der Waals surface area (Å²) in [4.78, 5) is 2.42. The van der Waals surface area contributed by atoms with Gasteiger partial charge in [-0.2, -0.15) is 0 Å². The van der Waals surface area contributed by atoms with Crippen molar-refractivity contribution in [1.82, 2.24) is 0 Å². The van der Waals surface area contributed by atoms with Crippen LogP contribution >= 0.6 is 0 Å². The molecule has 0 unspecified atom stereocenters. The number of aliphatic hydroxyl groups excluding tert-OH is 1. The molecule has 0 saturated heterocycles. The van der Waals surface area contributed by atoms with Gasteiger partial charge in [0.15, 0.2) is 0 Å². The summed E-state index contributed by atoms with van der Waals surface area (Å²) in [5, 5.41) is 9.57. The van der Waals surface area contributed by atoms with E-state index >= 15 is 0 Å². The monoisotopic (exact) mass is 365 g/mol. The number of hydrogen-bond donors (Lipinski definition) is 1. The molecule has 0 amide bonds. The number of aliphatic hydroxyl groups is 1. The summed E-state index contributed by atoms with van der Waals surface area (Å²) in [7, 11) is 0. The highest BCUT2D eigenvalue weighted by Crippen LogP contribution is 2.36. The van der Waals surface area contributed by atoms with Gasteiger partial charge >= 0.3 is 0 Å². The van der Waals surface area contributed by atoms with E-state index in [9.17, 15) is 5.11 Å². The van der Waals surface area contributed by atoms with Crippen LogP contribution in [-0.2, 0) is 6.42 Å². The number of rotatable bonds is 7. The lowest BCUT2D eigenvalue weighted by atomic mass is 9.92. The molecule has 1 aliphatic heterocycles. The molecule has 3 nitrogen and oxygen atoms in total. The quantitative estimate of drug-likeness (QED) is 0.736. The molecule has 144 valence electrons. The topological polar surface area (TPSA) is 26.5 Å². The van der Waals surface area contributed by atoms with Crippen molar-refractivity contribution in [2.45, 2.75) is 52.0 Å². The number of para-hydroxylation sites is 1. The number of nitrogens with zero attached hydrogens (tertiary/aromatic N) is 2. The van der Waals surface area contributed by atoms with Gasteiger partial charge in [0.05, 0.1) is 6.61 Å². The average Bonchev–Trinajstić information content (AvgIpc) is 3.04. The molecule has 0 bridgehead atoms. The summed E-state index contributed by atoms with van der Waals surface area (Å²) in [5.41, 5.74) is 5.52. The van der Waals surface area contributed by atoms with E-state index < -0.39 is 0 Å². The van der Waals surface area contributed by atoms with Crippen LogP contribution in [0.4, 0.5) is 5.69 Å². The minimum absolute atomic E-state index is 0.179. The molecule has 3 heteroatoms. The Bertz CT molecular complexity index is 754. The predicted molar refractivity (Wildman–Crippen MR) is 114 cm³/mol. The van der Waals surface area contributed by atoms with Gasteiger partial charge in [-0.05, 0) is 17.4 Å². The third-order valence-corrected chi connectivity index (χ3v) is 5.47. The first kappa shape index (κ1) is 19.6. The maximum absolute atomic E-state index is 9.57. The normalized spacial score (nSPS) is 17.1. The zero-order valence-electron chi connectivity index (χ0n) is 17.1. The van der Waals surface area contributed by atoms with Crippen LogP contribution in [0.25, 0.3) is 0 Å². The fourth-order valence-corrected chi connectivity index (χ4v) is 4.07. The first-order valence-electron chi connectivity index (χ1n) is 10.2. The number of benzene rings is 2. The van der Waals surface area contributed by atoms with Gasteiger partial charge in [-0.15, -0.1) is 0 Å². The molecule has 0 aliphatic carbocycles. The lowest BCUT2D eigenvalue weighted by Gasteiger charge is -2.21. The van der Waals surface area contributed by atoms with E-state index in [-0.39, 0.29) is 6.61 Å². The van der Waals surface area contributed by atoms with E-state index in [2.05, 4.69) is 92.0 Å². The standard InChI is InChI=1S/C24H33N2O/c1-18(2)22-11-8-12-23(19(3)4)24(22)26-16-21(25(17-26)13-14-27)15-20-9-6-5-7-10-20/h5-12,17-19,21,27H,13-16H2,1-4H3/q+1/t21-/m0/s1. The van der Waals surface area contributed by atoms with Crippen LogP contribution in [0.1, 0.15) is 56.2 Å². The van der Waals surface area contributed by atoms with Gasteiger partial charge in [0.2, 0.25) is 6.34 Å². The molecule has 0 fully saturated rings. The number of β-amino-alcohol motifs (C(OH)–C–C–N with tert-alkyl or cyclic N) is 1. The highest BCUT2D eigenvalue weighted by Gasteiger charge is 2.34. The van der Waals surface area contributed by atoms with Crippen LogP contribution in [0.5, 0.6) is 0 Å². The predicted octanol–water partition coefficient (Wildman–Crippen LogP) is 4.40. The summed E-state index contributed by atoms with van der Waals surface area (Å²) >= 11 is 0. The molecular formula is C24H33N2O+. The Morgan fingerprint density at radius 1 is 0.963 bits per heavy atom. The largest absolute Gasteiger partial charge is 0.392 e. The summed E-state index contributed by atoms with van der Waals surface area (Å²) in [6, 6.07) is 17.8. The second-order valence-electron chi connectivity index (χ2n) is 8.17. The van der Waals surface area contributed by atoms with E-state index in [0.29, 0.717) is 24.4 Å².